The molecule has 3 heterocycles. The fourth-order valence-electron chi connectivity index (χ4n) is 7.98. The Morgan fingerprint density at radius 2 is 0.893 bits per heavy atom. The summed E-state index contributed by atoms with van der Waals surface area (Å²) in [6.07, 6.45) is 0. The van der Waals surface area contributed by atoms with Crippen LogP contribution in [0.2, 0.25) is 0 Å². The molecule has 3 aromatic heterocycles. The van der Waals surface area contributed by atoms with E-state index in [1.165, 1.54) is 10.8 Å². The van der Waals surface area contributed by atoms with Crippen molar-refractivity contribution in [1.82, 2.24) is 19.5 Å². The van der Waals surface area contributed by atoms with Gasteiger partial charge in [0.25, 0.3) is 0 Å². The van der Waals surface area contributed by atoms with E-state index in [9.17, 15) is 0 Å². The topological polar surface area (TPSA) is 56.7 Å². The second-order valence-corrected chi connectivity index (χ2v) is 14.0. The van der Waals surface area contributed by atoms with Gasteiger partial charge in [0.2, 0.25) is 0 Å². The van der Waals surface area contributed by atoms with Crippen molar-refractivity contribution in [2.75, 3.05) is 0 Å². The second kappa shape index (κ2) is 13.0. The Bertz CT molecular complexity index is 3250. The lowest BCUT2D eigenvalue weighted by atomic mass is 10.0. The van der Waals surface area contributed by atoms with Gasteiger partial charge in [-0.15, -0.1) is 0 Å². The van der Waals surface area contributed by atoms with Crippen LogP contribution in [-0.4, -0.2) is 19.5 Å². The molecule has 0 saturated heterocycles. The number of rotatable bonds is 6. The number of furan rings is 1. The average Bonchev–Trinajstić information content (AvgIpc) is 3.82. The van der Waals surface area contributed by atoms with Crippen LogP contribution in [0.1, 0.15) is 0 Å². The molecule has 0 bridgehead atoms. The number of aromatic nitrogens is 4. The first kappa shape index (κ1) is 31.9. The van der Waals surface area contributed by atoms with Crippen LogP contribution in [0.4, 0.5) is 0 Å². The first-order valence-corrected chi connectivity index (χ1v) is 18.8. The van der Waals surface area contributed by atoms with E-state index in [4.69, 9.17) is 19.4 Å². The lowest BCUT2D eigenvalue weighted by molar-refractivity contribution is 0.669. The van der Waals surface area contributed by atoms with Crippen molar-refractivity contribution in [3.63, 3.8) is 0 Å². The van der Waals surface area contributed by atoms with Crippen LogP contribution in [0.5, 0.6) is 0 Å². The molecule has 0 N–H and O–H groups in total. The number of nitrogens with zero attached hydrogens (tertiary/aromatic N) is 4. The van der Waals surface area contributed by atoms with E-state index in [0.29, 0.717) is 17.5 Å². The number of hydrogen-bond donors (Lipinski definition) is 0. The summed E-state index contributed by atoms with van der Waals surface area (Å²) in [4.78, 5) is 15.5. The third-order valence-electron chi connectivity index (χ3n) is 10.7. The monoisotopic (exact) mass is 716 g/mol. The van der Waals surface area contributed by atoms with E-state index < -0.39 is 0 Å². The number of fused-ring (bicyclic) bond motifs is 6. The van der Waals surface area contributed by atoms with E-state index >= 15 is 0 Å². The molecule has 56 heavy (non-hydrogen) atoms. The van der Waals surface area contributed by atoms with Gasteiger partial charge in [0.05, 0.1) is 16.7 Å². The van der Waals surface area contributed by atoms with Crippen LogP contribution in [-0.2, 0) is 0 Å². The normalized spacial score (nSPS) is 11.6. The summed E-state index contributed by atoms with van der Waals surface area (Å²) in [6.45, 7) is 0. The van der Waals surface area contributed by atoms with Crippen molar-refractivity contribution in [3.8, 4) is 62.1 Å². The average molecular weight is 717 g/mol. The van der Waals surface area contributed by atoms with Crippen LogP contribution < -0.4 is 0 Å². The van der Waals surface area contributed by atoms with Crippen molar-refractivity contribution in [2.24, 2.45) is 0 Å². The highest BCUT2D eigenvalue weighted by molar-refractivity contribution is 6.11. The molecule has 5 nitrogen and oxygen atoms in total. The van der Waals surface area contributed by atoms with E-state index in [2.05, 4.69) is 150 Å². The molecule has 0 aliphatic heterocycles. The van der Waals surface area contributed by atoms with Gasteiger partial charge in [-0.2, -0.15) is 0 Å². The Morgan fingerprint density at radius 3 is 1.75 bits per heavy atom. The third-order valence-corrected chi connectivity index (χ3v) is 10.7. The maximum absolute atomic E-state index is 6.16. The van der Waals surface area contributed by atoms with Gasteiger partial charge in [0, 0.05) is 38.2 Å². The van der Waals surface area contributed by atoms with Crippen LogP contribution in [0, 0.1) is 0 Å². The van der Waals surface area contributed by atoms with E-state index in [-0.39, 0.29) is 0 Å². The zero-order valence-electron chi connectivity index (χ0n) is 30.2. The molecule has 0 fully saturated rings. The predicted molar refractivity (Wildman–Crippen MR) is 229 cm³/mol. The van der Waals surface area contributed by atoms with Gasteiger partial charge < -0.3 is 8.98 Å². The number of para-hydroxylation sites is 3. The summed E-state index contributed by atoms with van der Waals surface area (Å²) in [5.41, 5.74) is 12.2. The van der Waals surface area contributed by atoms with E-state index in [0.717, 1.165) is 77.6 Å². The van der Waals surface area contributed by atoms with Crippen LogP contribution in [0.15, 0.2) is 199 Å². The summed E-state index contributed by atoms with van der Waals surface area (Å²) in [7, 11) is 0. The summed E-state index contributed by atoms with van der Waals surface area (Å²) in [5, 5.41) is 4.58. The molecule has 0 atom stereocenters. The first-order valence-electron chi connectivity index (χ1n) is 18.8. The SMILES string of the molecule is c1ccc(-c2cccc(-c3nc(-c4ccccc4)nc(-c4ccccc4-n4c5ccccc5c5ccc(-c6ccc7oc8ccccc8c7c6)cc54)n3)c2)cc1. The molecule has 0 aliphatic rings. The Hall–Kier alpha value is -7.63. The summed E-state index contributed by atoms with van der Waals surface area (Å²) in [6, 6.07) is 67.5. The summed E-state index contributed by atoms with van der Waals surface area (Å²) in [5.74, 6) is 1.85. The van der Waals surface area contributed by atoms with E-state index in [1.54, 1.807) is 0 Å². The third kappa shape index (κ3) is 5.37. The Labute approximate surface area is 322 Å². The standard InChI is InChI=1S/C51H32N4O/c1-3-14-33(15-4-1)35-18-13-19-38(30-35)50-52-49(34-16-5-2-6-17-34)53-51(54-50)42-22-8-11-24-45(42)55-44-23-10-7-20-39(44)40-28-26-37(32-46(40)55)36-27-29-48-43(31-36)41-21-9-12-25-47(41)56-48/h1-32H. The largest absolute Gasteiger partial charge is 0.456 e. The highest BCUT2D eigenvalue weighted by atomic mass is 16.3. The zero-order valence-corrected chi connectivity index (χ0v) is 30.2. The lowest BCUT2D eigenvalue weighted by Gasteiger charge is -2.15. The van der Waals surface area contributed by atoms with Gasteiger partial charge in [-0.25, -0.2) is 15.0 Å². The predicted octanol–water partition coefficient (Wildman–Crippen LogP) is 13.2. The number of benzene rings is 8. The quantitative estimate of drug-likeness (QED) is 0.172. The molecule has 0 spiro atoms. The highest BCUT2D eigenvalue weighted by Gasteiger charge is 2.20. The molecule has 0 radical (unpaired) electrons. The maximum Gasteiger partial charge on any atom is 0.166 e. The minimum atomic E-state index is 0.606. The minimum absolute atomic E-state index is 0.606. The molecule has 0 saturated carbocycles. The molecule has 0 unspecified atom stereocenters. The smallest absolute Gasteiger partial charge is 0.166 e. The summed E-state index contributed by atoms with van der Waals surface area (Å²) >= 11 is 0. The molecule has 8 aromatic carbocycles. The molecule has 262 valence electrons. The van der Waals surface area contributed by atoms with Gasteiger partial charge >= 0.3 is 0 Å². The highest BCUT2D eigenvalue weighted by Crippen LogP contribution is 2.39. The van der Waals surface area contributed by atoms with Crippen molar-refractivity contribution >= 4 is 43.7 Å². The minimum Gasteiger partial charge on any atom is -0.456 e. The zero-order chi connectivity index (χ0) is 37.0. The molecule has 11 aromatic rings. The van der Waals surface area contributed by atoms with Gasteiger partial charge in [-0.3, -0.25) is 0 Å². The fraction of sp³-hybridized carbons (Fsp3) is 0. The van der Waals surface area contributed by atoms with Crippen LogP contribution in [0.25, 0.3) is 106 Å². The lowest BCUT2D eigenvalue weighted by Crippen LogP contribution is -2.03. The van der Waals surface area contributed by atoms with Crippen molar-refractivity contribution in [3.05, 3.63) is 194 Å². The van der Waals surface area contributed by atoms with Gasteiger partial charge in [-0.05, 0) is 70.8 Å². The maximum atomic E-state index is 6.16. The molecule has 0 amide bonds. The van der Waals surface area contributed by atoms with Crippen molar-refractivity contribution in [1.29, 1.82) is 0 Å². The first-order chi connectivity index (χ1) is 27.7. The van der Waals surface area contributed by atoms with Crippen molar-refractivity contribution in [2.45, 2.75) is 0 Å². The molecule has 0 aliphatic carbocycles. The van der Waals surface area contributed by atoms with Crippen LogP contribution >= 0.6 is 0 Å². The molecular formula is C51H32N4O. The van der Waals surface area contributed by atoms with Crippen LogP contribution in [0.3, 0.4) is 0 Å². The molecular weight excluding hydrogens is 685 g/mol. The fourth-order valence-corrected chi connectivity index (χ4v) is 7.98. The molecule has 5 heteroatoms. The van der Waals surface area contributed by atoms with Gasteiger partial charge in [0.1, 0.15) is 11.2 Å². The van der Waals surface area contributed by atoms with E-state index in [1.807, 2.05) is 48.5 Å². The Balaban J connectivity index is 1.12. The second-order valence-electron chi connectivity index (χ2n) is 14.0. The van der Waals surface area contributed by atoms with Gasteiger partial charge in [0.15, 0.2) is 17.5 Å². The summed E-state index contributed by atoms with van der Waals surface area (Å²) < 4.78 is 8.52. The molecule has 11 rings (SSSR count). The van der Waals surface area contributed by atoms with Crippen molar-refractivity contribution < 1.29 is 4.42 Å². The van der Waals surface area contributed by atoms with Gasteiger partial charge in [-0.1, -0.05) is 146 Å². The Kier molecular flexibility index (Phi) is 7.42. The number of hydrogen-bond acceptors (Lipinski definition) is 4. The Morgan fingerprint density at radius 1 is 0.321 bits per heavy atom.